The minimum atomic E-state index is -0.639. The molecule has 1 saturated heterocycles. The number of fused-ring (bicyclic) bond motifs is 1. The lowest BCUT2D eigenvalue weighted by atomic mass is 10.0. The molecule has 1 aromatic heterocycles. The number of benzene rings is 2. The van der Waals surface area contributed by atoms with Crippen molar-refractivity contribution < 1.29 is 23.5 Å². The van der Waals surface area contributed by atoms with Gasteiger partial charge in [-0.05, 0) is 29.8 Å². The molecule has 158 valence electrons. The van der Waals surface area contributed by atoms with Crippen molar-refractivity contribution in [1.29, 1.82) is 0 Å². The first-order valence-corrected chi connectivity index (χ1v) is 10.0. The Kier molecular flexibility index (Phi) is 4.99. The molecule has 8 heteroatoms. The highest BCUT2D eigenvalue weighted by atomic mass is 19.1. The zero-order valence-electron chi connectivity index (χ0n) is 16.7. The van der Waals surface area contributed by atoms with Crippen molar-refractivity contribution in [3.63, 3.8) is 0 Å². The van der Waals surface area contributed by atoms with E-state index < -0.39 is 11.7 Å². The van der Waals surface area contributed by atoms with Crippen LogP contribution in [-0.2, 0) is 22.6 Å². The van der Waals surface area contributed by atoms with Gasteiger partial charge in [0.1, 0.15) is 18.2 Å². The molecule has 1 fully saturated rings. The molecule has 2 aliphatic rings. The van der Waals surface area contributed by atoms with E-state index in [4.69, 9.17) is 9.47 Å². The smallest absolute Gasteiger partial charge is 0.257 e. The number of ether oxygens (including phenoxy) is 2. The molecule has 7 nitrogen and oxygen atoms in total. The predicted molar refractivity (Wildman–Crippen MR) is 109 cm³/mol. The second-order valence-electron chi connectivity index (χ2n) is 7.70. The fourth-order valence-corrected chi connectivity index (χ4v) is 3.72. The Morgan fingerprint density at radius 3 is 2.77 bits per heavy atom. The van der Waals surface area contributed by atoms with Gasteiger partial charge in [-0.2, -0.15) is 5.10 Å². The predicted octanol–water partition coefficient (Wildman–Crippen LogP) is 2.56. The van der Waals surface area contributed by atoms with Crippen molar-refractivity contribution in [2.45, 2.75) is 19.1 Å². The quantitative estimate of drug-likeness (QED) is 0.633. The van der Waals surface area contributed by atoms with Crippen molar-refractivity contribution in [1.82, 2.24) is 14.7 Å². The first kappa shape index (κ1) is 19.4. The van der Waals surface area contributed by atoms with E-state index in [1.165, 1.54) is 12.1 Å². The summed E-state index contributed by atoms with van der Waals surface area (Å²) in [5.74, 6) is -0.800. The lowest BCUT2D eigenvalue weighted by Gasteiger charge is -2.39. The fraction of sp³-hybridized carbons (Fsp3) is 0.261. The Labute approximate surface area is 178 Å². The van der Waals surface area contributed by atoms with Gasteiger partial charge in [-0.1, -0.05) is 12.1 Å². The van der Waals surface area contributed by atoms with Gasteiger partial charge in [0.05, 0.1) is 24.0 Å². The topological polar surface area (TPSA) is 73.7 Å². The number of nitrogens with zero attached hydrogens (tertiary/aromatic N) is 3. The Morgan fingerprint density at radius 1 is 1.23 bits per heavy atom. The maximum atomic E-state index is 14.4. The van der Waals surface area contributed by atoms with Crippen LogP contribution in [0.1, 0.15) is 21.5 Å². The van der Waals surface area contributed by atoms with Gasteiger partial charge < -0.3 is 14.4 Å². The molecule has 0 spiro atoms. The molecular weight excluding hydrogens is 401 g/mol. The number of ketones is 1. The number of aromatic nitrogens is 2. The average molecular weight is 421 g/mol. The third-order valence-electron chi connectivity index (χ3n) is 5.48. The molecule has 0 bridgehead atoms. The molecule has 31 heavy (non-hydrogen) atoms. The zero-order valence-corrected chi connectivity index (χ0v) is 16.7. The van der Waals surface area contributed by atoms with E-state index in [0.29, 0.717) is 31.0 Å². The molecule has 5 rings (SSSR count). The summed E-state index contributed by atoms with van der Waals surface area (Å²) in [6, 6.07) is 12.4. The van der Waals surface area contributed by atoms with Crippen molar-refractivity contribution >= 4 is 11.7 Å². The van der Waals surface area contributed by atoms with Crippen LogP contribution in [0.5, 0.6) is 5.75 Å². The molecular formula is C23H20FN3O4. The van der Waals surface area contributed by atoms with E-state index in [1.807, 2.05) is 36.5 Å². The fourth-order valence-electron chi connectivity index (χ4n) is 3.72. The van der Waals surface area contributed by atoms with Crippen LogP contribution in [0.3, 0.4) is 0 Å². The van der Waals surface area contributed by atoms with Gasteiger partial charge in [0.25, 0.3) is 5.91 Å². The molecule has 2 aromatic carbocycles. The van der Waals surface area contributed by atoms with E-state index in [2.05, 4.69) is 5.10 Å². The Bertz CT molecular complexity index is 1120. The monoisotopic (exact) mass is 421 g/mol. The first-order chi connectivity index (χ1) is 15.1. The second kappa shape index (κ2) is 7.96. The number of halogens is 1. The average Bonchev–Trinajstić information content (AvgIpc) is 3.27. The molecule has 0 atom stereocenters. The van der Waals surface area contributed by atoms with Crippen LogP contribution < -0.4 is 4.74 Å². The Hall–Kier alpha value is -3.52. The van der Waals surface area contributed by atoms with Crippen molar-refractivity contribution in [3.05, 3.63) is 77.4 Å². The van der Waals surface area contributed by atoms with Gasteiger partial charge in [0.15, 0.2) is 5.78 Å². The van der Waals surface area contributed by atoms with E-state index in [9.17, 15) is 14.0 Å². The number of likely N-dealkylation sites (tertiary alicyclic amines) is 1. The second-order valence-corrected chi connectivity index (χ2v) is 7.70. The number of carbonyl (C=O) groups is 2. The molecule has 0 N–H and O–H groups in total. The van der Waals surface area contributed by atoms with Gasteiger partial charge in [0.2, 0.25) is 0 Å². The summed E-state index contributed by atoms with van der Waals surface area (Å²) in [5.41, 5.74) is 2.50. The molecule has 2 aliphatic heterocycles. The molecule has 0 aliphatic carbocycles. The number of hydrogen-bond acceptors (Lipinski definition) is 5. The number of hydrogen-bond donors (Lipinski definition) is 0. The summed E-state index contributed by atoms with van der Waals surface area (Å²) in [4.78, 5) is 25.8. The largest absolute Gasteiger partial charge is 0.485 e. The zero-order chi connectivity index (χ0) is 21.4. The lowest BCUT2D eigenvalue weighted by molar-refractivity contribution is -0.121. The summed E-state index contributed by atoms with van der Waals surface area (Å²) in [6.07, 6.45) is 3.66. The van der Waals surface area contributed by atoms with Crippen LogP contribution in [0, 0.1) is 5.82 Å². The van der Waals surface area contributed by atoms with Crippen molar-refractivity contribution in [2.24, 2.45) is 0 Å². The van der Waals surface area contributed by atoms with Crippen molar-refractivity contribution in [3.8, 4) is 11.4 Å². The third-order valence-corrected chi connectivity index (χ3v) is 5.48. The van der Waals surface area contributed by atoms with Crippen LogP contribution in [0.15, 0.2) is 54.9 Å². The third kappa shape index (κ3) is 3.94. The van der Waals surface area contributed by atoms with Gasteiger partial charge in [-0.3, -0.25) is 9.59 Å². The van der Waals surface area contributed by atoms with Gasteiger partial charge in [-0.25, -0.2) is 9.07 Å². The van der Waals surface area contributed by atoms with E-state index in [0.717, 1.165) is 11.3 Å². The molecule has 0 radical (unpaired) electrons. The molecule has 0 saturated carbocycles. The van der Waals surface area contributed by atoms with Gasteiger partial charge in [0, 0.05) is 43.5 Å². The highest BCUT2D eigenvalue weighted by molar-refractivity contribution is 5.96. The summed E-state index contributed by atoms with van der Waals surface area (Å²) < 4.78 is 27.3. The number of amides is 1. The van der Waals surface area contributed by atoms with Crippen LogP contribution in [0.25, 0.3) is 5.69 Å². The van der Waals surface area contributed by atoms with E-state index in [1.54, 1.807) is 15.8 Å². The van der Waals surface area contributed by atoms with Gasteiger partial charge >= 0.3 is 0 Å². The number of Topliss-reactive ketones (excluding diaryl/α,β-unsaturated/α-hetero) is 1. The standard InChI is InChI=1S/C23H20FN3O4/c24-21-10-22-16(8-18(28)14-31-22)9-20(21)23(29)26-11-19(12-26)30-13-15-2-4-17(5-3-15)27-7-1-6-25-27/h1-7,9-10,19H,8,11-14H2. The minimum absolute atomic E-state index is 0.0373. The Morgan fingerprint density at radius 2 is 2.03 bits per heavy atom. The molecule has 1 amide bonds. The van der Waals surface area contributed by atoms with E-state index in [-0.39, 0.29) is 30.5 Å². The lowest BCUT2D eigenvalue weighted by Crippen LogP contribution is -2.54. The van der Waals surface area contributed by atoms with Crippen LogP contribution >= 0.6 is 0 Å². The van der Waals surface area contributed by atoms with Crippen molar-refractivity contribution in [2.75, 3.05) is 19.7 Å². The normalized spacial score (nSPS) is 15.9. The molecule has 0 unspecified atom stereocenters. The summed E-state index contributed by atoms with van der Waals surface area (Å²) in [6.45, 7) is 1.17. The summed E-state index contributed by atoms with van der Waals surface area (Å²) >= 11 is 0. The Balaban J connectivity index is 1.15. The number of rotatable bonds is 5. The maximum Gasteiger partial charge on any atom is 0.257 e. The van der Waals surface area contributed by atoms with Gasteiger partial charge in [-0.15, -0.1) is 0 Å². The first-order valence-electron chi connectivity index (χ1n) is 10.0. The SMILES string of the molecule is O=C1COc2cc(F)c(C(=O)N3CC(OCc4ccc(-n5cccn5)cc4)C3)cc2C1. The van der Waals surface area contributed by atoms with Crippen LogP contribution in [0.4, 0.5) is 4.39 Å². The summed E-state index contributed by atoms with van der Waals surface area (Å²) in [7, 11) is 0. The number of carbonyl (C=O) groups excluding carboxylic acids is 2. The van der Waals surface area contributed by atoms with E-state index >= 15 is 0 Å². The summed E-state index contributed by atoms with van der Waals surface area (Å²) in [5, 5.41) is 4.19. The highest BCUT2D eigenvalue weighted by Crippen LogP contribution is 2.28. The highest BCUT2D eigenvalue weighted by Gasteiger charge is 2.34. The molecule has 3 heterocycles. The maximum absolute atomic E-state index is 14.4. The molecule has 3 aromatic rings. The minimum Gasteiger partial charge on any atom is -0.485 e. The van der Waals surface area contributed by atoms with Crippen LogP contribution in [0.2, 0.25) is 0 Å². The van der Waals surface area contributed by atoms with Crippen LogP contribution in [-0.4, -0.2) is 52.2 Å².